The van der Waals surface area contributed by atoms with Crippen LogP contribution in [0.15, 0.2) is 0 Å². The molecule has 12 heavy (non-hydrogen) atoms. The third-order valence-corrected chi connectivity index (χ3v) is 1.79. The predicted molar refractivity (Wildman–Crippen MR) is 49.1 cm³/mol. The molecular formula is C6H13N5S. The van der Waals surface area contributed by atoms with Crippen LogP contribution in [0.5, 0.6) is 0 Å². The molecule has 1 heterocycles. The van der Waals surface area contributed by atoms with Crippen molar-refractivity contribution in [3.05, 3.63) is 5.82 Å². The zero-order valence-electron chi connectivity index (χ0n) is 7.30. The molecule has 0 fully saturated rings. The monoisotopic (exact) mass is 187 g/mol. The lowest BCUT2D eigenvalue weighted by Crippen LogP contribution is -2.20. The average Bonchev–Trinajstić information content (AvgIpc) is 2.47. The Morgan fingerprint density at radius 3 is 2.83 bits per heavy atom. The second-order valence-electron chi connectivity index (χ2n) is 2.78. The van der Waals surface area contributed by atoms with E-state index in [9.17, 15) is 0 Å². The maximum absolute atomic E-state index is 4.11. The lowest BCUT2D eigenvalue weighted by Gasteiger charge is -2.08. The normalized spacial score (nSPS) is 11.0. The summed E-state index contributed by atoms with van der Waals surface area (Å²) in [6, 6.07) is 0. The van der Waals surface area contributed by atoms with E-state index in [1.807, 2.05) is 14.1 Å². The maximum Gasteiger partial charge on any atom is 0.160 e. The number of hydrogen-bond acceptors (Lipinski definition) is 5. The quantitative estimate of drug-likeness (QED) is 0.655. The molecule has 6 heteroatoms. The molecule has 5 nitrogen and oxygen atoms in total. The summed E-state index contributed by atoms with van der Waals surface area (Å²) >= 11 is 4.11. The average molecular weight is 187 g/mol. The fourth-order valence-electron chi connectivity index (χ4n) is 0.805. The summed E-state index contributed by atoms with van der Waals surface area (Å²) < 4.78 is 1.77. The van der Waals surface area contributed by atoms with Crippen molar-refractivity contribution in [1.82, 2.24) is 25.1 Å². The van der Waals surface area contributed by atoms with Gasteiger partial charge in [-0.2, -0.15) is 12.6 Å². The summed E-state index contributed by atoms with van der Waals surface area (Å²) in [5, 5.41) is 11.2. The molecule has 0 radical (unpaired) electrons. The molecule has 1 rings (SSSR count). The Labute approximate surface area is 77.2 Å². The summed E-state index contributed by atoms with van der Waals surface area (Å²) in [6.45, 7) is 1.75. The summed E-state index contributed by atoms with van der Waals surface area (Å²) in [6.07, 6.45) is 0. The molecule has 1 aromatic rings. The van der Waals surface area contributed by atoms with Gasteiger partial charge in [-0.1, -0.05) is 0 Å². The molecule has 68 valence electrons. The molecule has 0 atom stereocenters. The van der Waals surface area contributed by atoms with E-state index in [-0.39, 0.29) is 0 Å². The highest BCUT2D eigenvalue weighted by Crippen LogP contribution is 1.95. The van der Waals surface area contributed by atoms with Gasteiger partial charge >= 0.3 is 0 Å². The van der Waals surface area contributed by atoms with Gasteiger partial charge in [-0.15, -0.1) is 5.10 Å². The van der Waals surface area contributed by atoms with E-state index in [0.29, 0.717) is 5.75 Å². The van der Waals surface area contributed by atoms with Gasteiger partial charge in [0.15, 0.2) is 5.82 Å². The van der Waals surface area contributed by atoms with Crippen LogP contribution < -0.4 is 0 Å². The Hall–Kier alpha value is -0.620. The Morgan fingerprint density at radius 1 is 1.50 bits per heavy atom. The van der Waals surface area contributed by atoms with E-state index >= 15 is 0 Å². The van der Waals surface area contributed by atoms with Crippen LogP contribution in [0, 0.1) is 0 Å². The van der Waals surface area contributed by atoms with Crippen molar-refractivity contribution in [2.45, 2.75) is 12.3 Å². The standard InChI is InChI=1S/C6H13N5S/c1-10(2)3-4-11-6(5-12)7-8-9-11/h12H,3-5H2,1-2H3. The Balaban J connectivity index is 2.50. The molecule has 0 saturated heterocycles. The van der Waals surface area contributed by atoms with E-state index in [0.717, 1.165) is 18.9 Å². The summed E-state index contributed by atoms with van der Waals surface area (Å²) in [4.78, 5) is 2.09. The lowest BCUT2D eigenvalue weighted by atomic mass is 10.5. The number of aromatic nitrogens is 4. The van der Waals surface area contributed by atoms with E-state index in [1.54, 1.807) is 4.68 Å². The highest BCUT2D eigenvalue weighted by Gasteiger charge is 2.02. The van der Waals surface area contributed by atoms with Gasteiger partial charge in [0, 0.05) is 6.54 Å². The van der Waals surface area contributed by atoms with Gasteiger partial charge in [0.1, 0.15) is 0 Å². The number of tetrazole rings is 1. The minimum absolute atomic E-state index is 0.584. The molecular weight excluding hydrogens is 174 g/mol. The second kappa shape index (κ2) is 4.42. The van der Waals surface area contributed by atoms with Crippen LogP contribution in [0.25, 0.3) is 0 Å². The van der Waals surface area contributed by atoms with Gasteiger partial charge < -0.3 is 4.90 Å². The first-order valence-corrected chi connectivity index (χ1v) is 4.38. The number of thiol groups is 1. The van der Waals surface area contributed by atoms with Crippen LogP contribution in [-0.2, 0) is 12.3 Å². The van der Waals surface area contributed by atoms with E-state index in [1.165, 1.54) is 0 Å². The number of hydrogen-bond donors (Lipinski definition) is 1. The van der Waals surface area contributed by atoms with Crippen LogP contribution in [0.4, 0.5) is 0 Å². The molecule has 0 aromatic carbocycles. The molecule has 0 spiro atoms. The van der Waals surface area contributed by atoms with Crippen molar-refractivity contribution in [2.75, 3.05) is 20.6 Å². The van der Waals surface area contributed by atoms with Gasteiger partial charge in [-0.05, 0) is 24.5 Å². The van der Waals surface area contributed by atoms with E-state index < -0.39 is 0 Å². The summed E-state index contributed by atoms with van der Waals surface area (Å²) in [7, 11) is 4.04. The highest BCUT2D eigenvalue weighted by atomic mass is 32.1. The second-order valence-corrected chi connectivity index (χ2v) is 3.10. The van der Waals surface area contributed by atoms with Crippen LogP contribution in [0.3, 0.4) is 0 Å². The van der Waals surface area contributed by atoms with Crippen LogP contribution in [-0.4, -0.2) is 45.7 Å². The Bertz CT molecular complexity index is 234. The minimum atomic E-state index is 0.584. The van der Waals surface area contributed by atoms with Gasteiger partial charge in [-0.25, -0.2) is 4.68 Å². The van der Waals surface area contributed by atoms with Gasteiger partial charge in [0.2, 0.25) is 0 Å². The maximum atomic E-state index is 4.11. The molecule has 0 unspecified atom stereocenters. The number of likely N-dealkylation sites (N-methyl/N-ethyl adjacent to an activating group) is 1. The summed E-state index contributed by atoms with van der Waals surface area (Å²) in [5.74, 6) is 1.40. The SMILES string of the molecule is CN(C)CCn1nnnc1CS. The van der Waals surface area contributed by atoms with Crippen molar-refractivity contribution < 1.29 is 0 Å². The zero-order chi connectivity index (χ0) is 8.97. The third kappa shape index (κ3) is 2.46. The molecule has 0 N–H and O–H groups in total. The first kappa shape index (κ1) is 9.47. The molecule has 0 aliphatic carbocycles. The van der Waals surface area contributed by atoms with Gasteiger partial charge in [-0.3, -0.25) is 0 Å². The molecule has 0 amide bonds. The fraction of sp³-hybridized carbons (Fsp3) is 0.833. The molecule has 0 aliphatic rings. The number of nitrogens with zero attached hydrogens (tertiary/aromatic N) is 5. The first-order valence-electron chi connectivity index (χ1n) is 3.74. The summed E-state index contributed by atoms with van der Waals surface area (Å²) in [5.41, 5.74) is 0. The first-order chi connectivity index (χ1) is 5.74. The van der Waals surface area contributed by atoms with Crippen molar-refractivity contribution in [2.24, 2.45) is 0 Å². The van der Waals surface area contributed by atoms with Crippen LogP contribution >= 0.6 is 12.6 Å². The molecule has 1 aromatic heterocycles. The van der Waals surface area contributed by atoms with Gasteiger partial charge in [0.05, 0.1) is 12.3 Å². The predicted octanol–water partition coefficient (Wildman–Crippen LogP) is -0.336. The smallest absolute Gasteiger partial charge is 0.160 e. The highest BCUT2D eigenvalue weighted by molar-refractivity contribution is 7.79. The fourth-order valence-corrected chi connectivity index (χ4v) is 1.03. The zero-order valence-corrected chi connectivity index (χ0v) is 8.20. The van der Waals surface area contributed by atoms with Crippen molar-refractivity contribution >= 4 is 12.6 Å². The largest absolute Gasteiger partial charge is 0.308 e. The number of rotatable bonds is 4. The van der Waals surface area contributed by atoms with Crippen LogP contribution in [0.1, 0.15) is 5.82 Å². The van der Waals surface area contributed by atoms with Crippen LogP contribution in [0.2, 0.25) is 0 Å². The molecule has 0 bridgehead atoms. The van der Waals surface area contributed by atoms with Crippen molar-refractivity contribution in [3.8, 4) is 0 Å². The van der Waals surface area contributed by atoms with Gasteiger partial charge in [0.25, 0.3) is 0 Å². The molecule has 0 aliphatic heterocycles. The minimum Gasteiger partial charge on any atom is -0.308 e. The Morgan fingerprint density at radius 2 is 2.25 bits per heavy atom. The van der Waals surface area contributed by atoms with E-state index in [4.69, 9.17) is 0 Å². The lowest BCUT2D eigenvalue weighted by molar-refractivity contribution is 0.368. The van der Waals surface area contributed by atoms with Crippen molar-refractivity contribution in [1.29, 1.82) is 0 Å². The topological polar surface area (TPSA) is 46.8 Å². The third-order valence-electron chi connectivity index (χ3n) is 1.51. The molecule has 0 saturated carbocycles. The van der Waals surface area contributed by atoms with E-state index in [2.05, 4.69) is 33.1 Å². The Kier molecular flexibility index (Phi) is 3.48. The van der Waals surface area contributed by atoms with Crippen molar-refractivity contribution in [3.63, 3.8) is 0 Å².